The van der Waals surface area contributed by atoms with Crippen molar-refractivity contribution in [1.82, 2.24) is 5.32 Å². The number of amides is 1. The van der Waals surface area contributed by atoms with Crippen LogP contribution in [-0.4, -0.2) is 25.2 Å². The summed E-state index contributed by atoms with van der Waals surface area (Å²) in [5, 5.41) is 6.95. The van der Waals surface area contributed by atoms with E-state index in [1.807, 2.05) is 6.07 Å². The van der Waals surface area contributed by atoms with E-state index >= 15 is 0 Å². The van der Waals surface area contributed by atoms with Crippen LogP contribution in [0, 0.1) is 17.8 Å². The number of fused-ring (bicyclic) bond motifs is 7. The maximum atomic E-state index is 12.8. The summed E-state index contributed by atoms with van der Waals surface area (Å²) in [6.07, 6.45) is 6.35. The molecule has 3 fully saturated rings. The van der Waals surface area contributed by atoms with Gasteiger partial charge in [-0.15, -0.1) is 0 Å². The average molecular weight is 403 g/mol. The second kappa shape index (κ2) is 7.42. The molecule has 6 atom stereocenters. The number of rotatable bonds is 4. The fourth-order valence-corrected chi connectivity index (χ4v) is 6.73. The highest BCUT2D eigenvalue weighted by Gasteiger charge is 2.53. The van der Waals surface area contributed by atoms with Crippen molar-refractivity contribution < 1.29 is 9.53 Å². The van der Waals surface area contributed by atoms with Gasteiger partial charge < -0.3 is 15.4 Å². The fourth-order valence-electron chi connectivity index (χ4n) is 6.73. The smallest absolute Gasteiger partial charge is 0.251 e. The predicted octanol–water partition coefficient (Wildman–Crippen LogP) is 4.89. The number of carbonyl (C=O) groups excluding carboxylic acids is 1. The first kappa shape index (κ1) is 18.4. The van der Waals surface area contributed by atoms with Gasteiger partial charge >= 0.3 is 0 Å². The molecule has 0 unspecified atom stereocenters. The number of nitrogens with one attached hydrogen (secondary N) is 2. The Hall–Kier alpha value is -2.33. The lowest BCUT2D eigenvalue weighted by Gasteiger charge is -2.43. The van der Waals surface area contributed by atoms with Crippen molar-refractivity contribution in [2.45, 2.75) is 50.2 Å². The van der Waals surface area contributed by atoms with Crippen molar-refractivity contribution in [3.8, 4) is 0 Å². The minimum Gasteiger partial charge on any atom is -0.378 e. The van der Waals surface area contributed by atoms with Crippen molar-refractivity contribution in [3.05, 3.63) is 65.2 Å². The van der Waals surface area contributed by atoms with E-state index in [-0.39, 0.29) is 12.0 Å². The zero-order chi connectivity index (χ0) is 20.1. The molecule has 2 aliphatic heterocycles. The van der Waals surface area contributed by atoms with E-state index in [0.717, 1.165) is 36.8 Å². The van der Waals surface area contributed by atoms with Crippen molar-refractivity contribution in [2.24, 2.45) is 17.8 Å². The van der Waals surface area contributed by atoms with Crippen molar-refractivity contribution in [3.63, 3.8) is 0 Å². The van der Waals surface area contributed by atoms with Gasteiger partial charge in [-0.3, -0.25) is 4.79 Å². The lowest BCUT2D eigenvalue weighted by molar-refractivity contribution is 0.0857. The van der Waals surface area contributed by atoms with Crippen LogP contribution in [0.15, 0.2) is 48.5 Å². The Morgan fingerprint density at radius 1 is 1.07 bits per heavy atom. The third-order valence-electron chi connectivity index (χ3n) is 8.02. The maximum absolute atomic E-state index is 12.8. The van der Waals surface area contributed by atoms with E-state index in [9.17, 15) is 4.79 Å². The summed E-state index contributed by atoms with van der Waals surface area (Å²) in [7, 11) is 0. The third-order valence-corrected chi connectivity index (χ3v) is 8.02. The molecule has 4 aliphatic rings. The molecule has 4 nitrogen and oxygen atoms in total. The largest absolute Gasteiger partial charge is 0.378 e. The van der Waals surface area contributed by atoms with Gasteiger partial charge in [0.1, 0.15) is 0 Å². The highest BCUT2D eigenvalue weighted by Crippen LogP contribution is 2.63. The minimum absolute atomic E-state index is 0.0261. The molecule has 30 heavy (non-hydrogen) atoms. The van der Waals surface area contributed by atoms with Crippen LogP contribution in [0.1, 0.15) is 65.5 Å². The second-order valence-corrected chi connectivity index (χ2v) is 9.62. The van der Waals surface area contributed by atoms with Crippen LogP contribution in [0.2, 0.25) is 0 Å². The molecular weight excluding hydrogens is 372 g/mol. The van der Waals surface area contributed by atoms with E-state index < -0.39 is 0 Å². The Labute approximate surface area is 178 Å². The zero-order valence-electron chi connectivity index (χ0n) is 17.3. The first-order chi connectivity index (χ1) is 14.8. The fraction of sp³-hybridized carbons (Fsp3) is 0.500. The quantitative estimate of drug-likeness (QED) is 0.765. The van der Waals surface area contributed by atoms with Crippen molar-refractivity contribution in [1.29, 1.82) is 0 Å². The van der Waals surface area contributed by atoms with Gasteiger partial charge in [0.05, 0.1) is 12.1 Å². The summed E-state index contributed by atoms with van der Waals surface area (Å²) in [4.78, 5) is 12.8. The summed E-state index contributed by atoms with van der Waals surface area (Å²) in [6.45, 7) is 1.43. The number of anilines is 1. The summed E-state index contributed by atoms with van der Waals surface area (Å²) >= 11 is 0. The van der Waals surface area contributed by atoms with Crippen LogP contribution in [0.5, 0.6) is 0 Å². The molecule has 2 aromatic carbocycles. The molecule has 2 aliphatic carbocycles. The third kappa shape index (κ3) is 3.04. The molecular formula is C26H30N2O2. The minimum atomic E-state index is 0.0261. The molecule has 2 saturated carbocycles. The van der Waals surface area contributed by atoms with Gasteiger partial charge in [0.25, 0.3) is 5.91 Å². The summed E-state index contributed by atoms with van der Waals surface area (Å²) in [5.74, 6) is 2.78. The van der Waals surface area contributed by atoms with Crippen LogP contribution in [0.3, 0.4) is 0 Å². The van der Waals surface area contributed by atoms with Gasteiger partial charge in [0, 0.05) is 24.4 Å². The van der Waals surface area contributed by atoms with E-state index in [0.29, 0.717) is 24.4 Å². The van der Waals surface area contributed by atoms with E-state index in [4.69, 9.17) is 4.74 Å². The number of ether oxygens (including phenoxy) is 1. The van der Waals surface area contributed by atoms with Crippen molar-refractivity contribution >= 4 is 11.6 Å². The topological polar surface area (TPSA) is 50.4 Å². The lowest BCUT2D eigenvalue weighted by Crippen LogP contribution is -2.36. The van der Waals surface area contributed by atoms with E-state index in [1.54, 1.807) is 0 Å². The Morgan fingerprint density at radius 2 is 1.93 bits per heavy atom. The standard InChI is InChI=1S/C26H30N2O2/c29-26(27-15-20-7-4-12-30-20)19-10-11-22-21(14-19)23-17-8-9-18(13-17)24(23)25(28-22)16-5-2-1-3-6-16/h1-3,5-6,10-11,14,17-18,20,23-25,28H,4,7-9,12-13,15H2,(H,27,29)/t17-,18+,20-,23+,24-,25+/m0/s1. The van der Waals surface area contributed by atoms with Crippen LogP contribution >= 0.6 is 0 Å². The molecule has 2 aromatic rings. The molecule has 1 amide bonds. The summed E-state index contributed by atoms with van der Waals surface area (Å²) in [5.41, 5.74) is 4.76. The molecule has 2 heterocycles. The molecule has 0 radical (unpaired) electrons. The van der Waals surface area contributed by atoms with Gasteiger partial charge in [0.15, 0.2) is 0 Å². The Morgan fingerprint density at radius 3 is 2.77 bits per heavy atom. The summed E-state index contributed by atoms with van der Waals surface area (Å²) < 4.78 is 5.65. The highest BCUT2D eigenvalue weighted by atomic mass is 16.5. The maximum Gasteiger partial charge on any atom is 0.251 e. The van der Waals surface area contributed by atoms with Gasteiger partial charge in [-0.05, 0) is 85.1 Å². The molecule has 6 rings (SSSR count). The first-order valence-corrected chi connectivity index (χ1v) is 11.6. The molecule has 156 valence electrons. The van der Waals surface area contributed by atoms with E-state index in [1.165, 1.54) is 36.1 Å². The average Bonchev–Trinajstić information content (AvgIpc) is 3.55. The molecule has 4 heteroatoms. The molecule has 2 bridgehead atoms. The van der Waals surface area contributed by atoms with E-state index in [2.05, 4.69) is 53.1 Å². The normalized spacial score (nSPS) is 33.6. The number of hydrogen-bond acceptors (Lipinski definition) is 3. The molecule has 2 N–H and O–H groups in total. The highest BCUT2D eigenvalue weighted by molar-refractivity contribution is 5.95. The van der Waals surface area contributed by atoms with Crippen LogP contribution < -0.4 is 10.6 Å². The monoisotopic (exact) mass is 402 g/mol. The Bertz CT molecular complexity index is 937. The van der Waals surface area contributed by atoms with Crippen LogP contribution in [0.25, 0.3) is 0 Å². The number of benzene rings is 2. The lowest BCUT2D eigenvalue weighted by atomic mass is 9.68. The van der Waals surface area contributed by atoms with Gasteiger partial charge in [-0.1, -0.05) is 30.3 Å². The molecule has 0 aromatic heterocycles. The zero-order valence-corrected chi connectivity index (χ0v) is 17.3. The Balaban J connectivity index is 1.29. The van der Waals surface area contributed by atoms with Crippen molar-refractivity contribution in [2.75, 3.05) is 18.5 Å². The van der Waals surface area contributed by atoms with Crippen LogP contribution in [-0.2, 0) is 4.74 Å². The number of hydrogen-bond donors (Lipinski definition) is 2. The van der Waals surface area contributed by atoms with Gasteiger partial charge in [-0.25, -0.2) is 0 Å². The molecule has 0 spiro atoms. The summed E-state index contributed by atoms with van der Waals surface area (Å²) in [6, 6.07) is 17.6. The molecule has 1 saturated heterocycles. The predicted molar refractivity (Wildman–Crippen MR) is 118 cm³/mol. The second-order valence-electron chi connectivity index (χ2n) is 9.62. The first-order valence-electron chi connectivity index (χ1n) is 11.6. The van der Waals surface area contributed by atoms with Gasteiger partial charge in [-0.2, -0.15) is 0 Å². The Kier molecular flexibility index (Phi) is 4.56. The van der Waals surface area contributed by atoms with Gasteiger partial charge in [0.2, 0.25) is 0 Å². The SMILES string of the molecule is O=C(NC[C@@H]1CCCO1)c1ccc2c(c1)[C@H]1[C@H]3CC[C@H](C3)[C@@H]1[C@@H](c1ccccc1)N2. The van der Waals surface area contributed by atoms with Crippen LogP contribution in [0.4, 0.5) is 5.69 Å². The number of carbonyl (C=O) groups is 1.